The Bertz CT molecular complexity index is 1810. The van der Waals surface area contributed by atoms with Gasteiger partial charge >= 0.3 is 0 Å². The molecule has 0 atom stereocenters. The van der Waals surface area contributed by atoms with Gasteiger partial charge < -0.3 is 11.5 Å². The topological polar surface area (TPSA) is 52.0 Å². The lowest BCUT2D eigenvalue weighted by Crippen LogP contribution is -2.24. The molecule has 2 nitrogen and oxygen atoms in total. The summed E-state index contributed by atoms with van der Waals surface area (Å²) in [6.45, 7) is 11.6. The van der Waals surface area contributed by atoms with E-state index in [1.54, 1.807) is 0 Å². The van der Waals surface area contributed by atoms with E-state index in [2.05, 4.69) is 120 Å². The van der Waals surface area contributed by atoms with E-state index in [0.29, 0.717) is 5.41 Å². The van der Waals surface area contributed by atoms with E-state index in [4.69, 9.17) is 11.5 Å². The Balaban J connectivity index is 0.000000180. The van der Waals surface area contributed by atoms with Crippen molar-refractivity contribution >= 4 is 32.9 Å². The van der Waals surface area contributed by atoms with E-state index < -0.39 is 0 Å². The molecule has 6 aromatic rings. The Morgan fingerprint density at radius 1 is 0.452 bits per heavy atom. The lowest BCUT2D eigenvalue weighted by Gasteiger charge is -2.33. The Morgan fingerprint density at radius 3 is 1.36 bits per heavy atom. The van der Waals surface area contributed by atoms with Gasteiger partial charge in [-0.25, -0.2) is 0 Å². The van der Waals surface area contributed by atoms with Gasteiger partial charge in [0.15, 0.2) is 0 Å². The summed E-state index contributed by atoms with van der Waals surface area (Å²) in [4.78, 5) is 0. The van der Waals surface area contributed by atoms with Gasteiger partial charge in [-0.05, 0) is 44.7 Å². The van der Waals surface area contributed by atoms with Crippen molar-refractivity contribution in [2.45, 2.75) is 46.5 Å². The molecule has 6 aromatic carbocycles. The molecule has 0 saturated heterocycles. The number of benzene rings is 6. The molecule has 6 rings (SSSR count). The fraction of sp³-hybridized carbons (Fsp3) is 0.200. The van der Waals surface area contributed by atoms with Crippen molar-refractivity contribution in [3.05, 3.63) is 133 Å². The van der Waals surface area contributed by atoms with Gasteiger partial charge in [0.05, 0.1) is 0 Å². The van der Waals surface area contributed by atoms with Crippen molar-refractivity contribution in [2.24, 2.45) is 5.41 Å². The lowest BCUT2D eigenvalue weighted by molar-refractivity contribution is 0.284. The van der Waals surface area contributed by atoms with E-state index in [9.17, 15) is 0 Å². The first-order valence-corrected chi connectivity index (χ1v) is 14.7. The molecule has 0 aliphatic heterocycles. The van der Waals surface area contributed by atoms with Crippen LogP contribution in [0.15, 0.2) is 127 Å². The Morgan fingerprint density at radius 2 is 0.881 bits per heavy atom. The minimum Gasteiger partial charge on any atom is -0.398 e. The van der Waals surface area contributed by atoms with Gasteiger partial charge in [0, 0.05) is 33.3 Å². The molecular formula is C40H42N2. The van der Waals surface area contributed by atoms with E-state index in [1.165, 1.54) is 21.9 Å². The van der Waals surface area contributed by atoms with Crippen LogP contribution in [-0.4, -0.2) is 0 Å². The van der Waals surface area contributed by atoms with Crippen LogP contribution in [0.25, 0.3) is 43.8 Å². The van der Waals surface area contributed by atoms with Gasteiger partial charge in [0.25, 0.3) is 0 Å². The first-order chi connectivity index (χ1) is 20.0. The van der Waals surface area contributed by atoms with Crippen molar-refractivity contribution in [1.82, 2.24) is 0 Å². The maximum atomic E-state index is 6.46. The van der Waals surface area contributed by atoms with Crippen LogP contribution in [0.4, 0.5) is 11.4 Å². The van der Waals surface area contributed by atoms with E-state index in [0.717, 1.165) is 45.3 Å². The summed E-state index contributed by atoms with van der Waals surface area (Å²) < 4.78 is 0. The monoisotopic (exact) mass is 550 g/mol. The Hall–Kier alpha value is -4.56. The van der Waals surface area contributed by atoms with Crippen molar-refractivity contribution < 1.29 is 0 Å². The molecule has 0 spiro atoms. The fourth-order valence-electron chi connectivity index (χ4n) is 6.24. The highest BCUT2D eigenvalue weighted by atomic mass is 14.6. The third kappa shape index (κ3) is 6.34. The molecule has 2 heteroatoms. The zero-order chi connectivity index (χ0) is 29.9. The minimum absolute atomic E-state index is 0.158. The van der Waals surface area contributed by atoms with Crippen molar-refractivity contribution in [3.8, 4) is 22.3 Å². The molecular weight excluding hydrogens is 508 g/mol. The van der Waals surface area contributed by atoms with Gasteiger partial charge in [-0.15, -0.1) is 0 Å². The molecule has 0 aliphatic rings. The van der Waals surface area contributed by atoms with Gasteiger partial charge in [0.1, 0.15) is 0 Å². The van der Waals surface area contributed by atoms with Crippen molar-refractivity contribution in [2.75, 3.05) is 11.5 Å². The quantitative estimate of drug-likeness (QED) is 0.214. The second-order valence-electron chi connectivity index (χ2n) is 13.1. The van der Waals surface area contributed by atoms with Gasteiger partial charge in [-0.3, -0.25) is 0 Å². The second kappa shape index (κ2) is 11.7. The Labute approximate surface area is 251 Å². The first-order valence-electron chi connectivity index (χ1n) is 14.7. The van der Waals surface area contributed by atoms with E-state index in [-0.39, 0.29) is 5.41 Å². The summed E-state index contributed by atoms with van der Waals surface area (Å²) in [5.74, 6) is 0. The largest absolute Gasteiger partial charge is 0.398 e. The summed E-state index contributed by atoms with van der Waals surface area (Å²) in [6.07, 6.45) is 1.15. The number of rotatable bonds is 4. The highest BCUT2D eigenvalue weighted by Gasteiger charge is 2.27. The molecule has 0 aromatic heterocycles. The molecule has 42 heavy (non-hydrogen) atoms. The van der Waals surface area contributed by atoms with E-state index in [1.807, 2.05) is 42.5 Å². The zero-order valence-corrected chi connectivity index (χ0v) is 25.5. The van der Waals surface area contributed by atoms with Crippen molar-refractivity contribution in [3.63, 3.8) is 0 Å². The number of nitrogens with two attached hydrogens (primary N) is 2. The zero-order valence-electron chi connectivity index (χ0n) is 25.5. The smallest absolute Gasteiger partial charge is 0.0473 e. The van der Waals surface area contributed by atoms with Gasteiger partial charge in [-0.1, -0.05) is 162 Å². The molecule has 0 unspecified atom stereocenters. The molecule has 4 N–H and O–H groups in total. The standard InChI is InChI=1S/C24H29N.C16H13N/c1-23(2,3)16-24(4,5)19-13-10-18(11-14-19)21-15-12-17-8-6-7-9-20(17)22(21)25;17-16-14-9-5-4-8-13(14)10-11-15(16)12-6-2-1-3-7-12/h6-15H,16,25H2,1-5H3;1-11H,17H2. The number of fused-ring (bicyclic) bond motifs is 2. The fourth-order valence-corrected chi connectivity index (χ4v) is 6.24. The summed E-state index contributed by atoms with van der Waals surface area (Å²) in [7, 11) is 0. The highest BCUT2D eigenvalue weighted by molar-refractivity contribution is 6.01. The van der Waals surface area contributed by atoms with Crippen LogP contribution in [-0.2, 0) is 5.41 Å². The van der Waals surface area contributed by atoms with Crippen LogP contribution in [0, 0.1) is 5.41 Å². The number of hydrogen-bond acceptors (Lipinski definition) is 2. The predicted molar refractivity (Wildman–Crippen MR) is 185 cm³/mol. The Kier molecular flexibility index (Phi) is 8.09. The van der Waals surface area contributed by atoms with Gasteiger partial charge in [0.2, 0.25) is 0 Å². The van der Waals surface area contributed by atoms with Crippen LogP contribution < -0.4 is 11.5 Å². The first kappa shape index (κ1) is 29.0. The highest BCUT2D eigenvalue weighted by Crippen LogP contribution is 2.38. The average Bonchev–Trinajstić information content (AvgIpc) is 2.98. The minimum atomic E-state index is 0.158. The molecule has 0 fully saturated rings. The predicted octanol–water partition coefficient (Wildman–Crippen LogP) is 10.9. The second-order valence-corrected chi connectivity index (χ2v) is 13.1. The summed E-state index contributed by atoms with van der Waals surface area (Å²) in [6, 6.07) is 44.2. The third-order valence-corrected chi connectivity index (χ3v) is 7.98. The molecule has 0 heterocycles. The third-order valence-electron chi connectivity index (χ3n) is 7.98. The van der Waals surface area contributed by atoms with Crippen LogP contribution in [0.3, 0.4) is 0 Å². The van der Waals surface area contributed by atoms with Gasteiger partial charge in [-0.2, -0.15) is 0 Å². The van der Waals surface area contributed by atoms with Crippen LogP contribution >= 0.6 is 0 Å². The van der Waals surface area contributed by atoms with Crippen LogP contribution in [0.2, 0.25) is 0 Å². The van der Waals surface area contributed by atoms with Crippen LogP contribution in [0.1, 0.15) is 46.6 Å². The molecule has 0 radical (unpaired) electrons. The number of nitrogen functional groups attached to an aromatic ring is 2. The average molecular weight is 551 g/mol. The molecule has 0 bridgehead atoms. The van der Waals surface area contributed by atoms with Crippen LogP contribution in [0.5, 0.6) is 0 Å². The van der Waals surface area contributed by atoms with Crippen molar-refractivity contribution in [1.29, 1.82) is 0 Å². The SMILES string of the molecule is CC(C)(C)CC(C)(C)c1ccc(-c2ccc3ccccc3c2N)cc1.Nc1c(-c2ccccc2)ccc2ccccc12. The maximum Gasteiger partial charge on any atom is 0.0473 e. The maximum absolute atomic E-state index is 6.46. The normalized spacial score (nSPS) is 11.7. The lowest BCUT2D eigenvalue weighted by atomic mass is 9.72. The molecule has 0 amide bonds. The molecule has 0 saturated carbocycles. The summed E-state index contributed by atoms with van der Waals surface area (Å²) >= 11 is 0. The molecule has 212 valence electrons. The number of hydrogen-bond donors (Lipinski definition) is 2. The molecule has 0 aliphatic carbocycles. The number of anilines is 2. The van der Waals surface area contributed by atoms with E-state index >= 15 is 0 Å². The summed E-state index contributed by atoms with van der Waals surface area (Å²) in [5.41, 5.74) is 20.8. The summed E-state index contributed by atoms with van der Waals surface area (Å²) in [5, 5.41) is 4.61.